The van der Waals surface area contributed by atoms with E-state index in [9.17, 15) is 4.79 Å². The molecule has 1 aromatic rings. The number of esters is 1. The predicted octanol–water partition coefficient (Wildman–Crippen LogP) is 0.0984. The number of methoxy groups -OCH3 is 1. The van der Waals surface area contributed by atoms with Crippen molar-refractivity contribution in [3.63, 3.8) is 0 Å². The van der Waals surface area contributed by atoms with Crippen LogP contribution in [0.4, 0.5) is 5.82 Å². The molecule has 0 unspecified atom stereocenters. The van der Waals surface area contributed by atoms with Crippen LogP contribution >= 0.6 is 0 Å². The van der Waals surface area contributed by atoms with E-state index in [0.29, 0.717) is 25.6 Å². The highest BCUT2D eigenvalue weighted by atomic mass is 16.5. The van der Waals surface area contributed by atoms with Gasteiger partial charge in [-0.05, 0) is 6.92 Å². The average Bonchev–Trinajstić information content (AvgIpc) is 2.47. The van der Waals surface area contributed by atoms with Crippen molar-refractivity contribution in [3.05, 3.63) is 18.1 Å². The molecular formula is C12H19N3O4. The smallest absolute Gasteiger partial charge is 0.358 e. The van der Waals surface area contributed by atoms with Gasteiger partial charge < -0.3 is 19.5 Å². The van der Waals surface area contributed by atoms with Gasteiger partial charge in [-0.3, -0.25) is 0 Å². The second-order valence-corrected chi connectivity index (χ2v) is 3.67. The van der Waals surface area contributed by atoms with E-state index in [4.69, 9.17) is 9.84 Å². The van der Waals surface area contributed by atoms with Crippen molar-refractivity contribution in [1.82, 2.24) is 9.97 Å². The largest absolute Gasteiger partial charge is 0.464 e. The van der Waals surface area contributed by atoms with Crippen LogP contribution in [0, 0.1) is 0 Å². The molecule has 0 amide bonds. The first-order valence-corrected chi connectivity index (χ1v) is 6.06. The fourth-order valence-corrected chi connectivity index (χ4v) is 1.47. The zero-order chi connectivity index (χ0) is 14.1. The van der Waals surface area contributed by atoms with Crippen molar-refractivity contribution in [2.24, 2.45) is 0 Å². The molecule has 106 valence electrons. The molecule has 0 aliphatic heterocycles. The molecule has 1 aromatic heterocycles. The number of anilines is 1. The summed E-state index contributed by atoms with van der Waals surface area (Å²) < 4.78 is 9.76. The van der Waals surface area contributed by atoms with E-state index in [2.05, 4.69) is 14.7 Å². The van der Waals surface area contributed by atoms with E-state index in [-0.39, 0.29) is 12.3 Å². The fraction of sp³-hybridized carbons (Fsp3) is 0.583. The van der Waals surface area contributed by atoms with Gasteiger partial charge in [0.05, 0.1) is 39.3 Å². The van der Waals surface area contributed by atoms with Crippen LogP contribution in [0.15, 0.2) is 12.4 Å². The number of carbonyl (C=O) groups excluding carboxylic acids is 1. The standard InChI is InChI=1S/C12H19N3O4/c1-3-15(4-6-19-7-5-16)11-9-13-10(8-14-11)12(17)18-2/h8-9,16H,3-7H2,1-2H3. The molecule has 0 aromatic carbocycles. The monoisotopic (exact) mass is 269 g/mol. The molecule has 0 fully saturated rings. The Morgan fingerprint density at radius 2 is 2.16 bits per heavy atom. The lowest BCUT2D eigenvalue weighted by Gasteiger charge is -2.21. The highest BCUT2D eigenvalue weighted by Gasteiger charge is 2.10. The quantitative estimate of drug-likeness (QED) is 0.529. The molecule has 0 radical (unpaired) electrons. The van der Waals surface area contributed by atoms with Crippen molar-refractivity contribution in [3.8, 4) is 0 Å². The molecule has 0 aliphatic carbocycles. The van der Waals surface area contributed by atoms with Crippen molar-refractivity contribution in [2.45, 2.75) is 6.92 Å². The Hall–Kier alpha value is -1.73. The van der Waals surface area contributed by atoms with E-state index in [1.807, 2.05) is 11.8 Å². The summed E-state index contributed by atoms with van der Waals surface area (Å²) in [4.78, 5) is 21.4. The number of aliphatic hydroxyl groups is 1. The van der Waals surface area contributed by atoms with Gasteiger partial charge in [0.25, 0.3) is 0 Å². The van der Waals surface area contributed by atoms with E-state index in [0.717, 1.165) is 6.54 Å². The van der Waals surface area contributed by atoms with E-state index in [1.165, 1.54) is 19.5 Å². The number of nitrogens with zero attached hydrogens (tertiary/aromatic N) is 3. The third kappa shape index (κ3) is 4.80. The van der Waals surface area contributed by atoms with Crippen LogP contribution in [0.25, 0.3) is 0 Å². The van der Waals surface area contributed by atoms with Gasteiger partial charge in [-0.2, -0.15) is 0 Å². The lowest BCUT2D eigenvalue weighted by molar-refractivity contribution is 0.0593. The molecule has 1 heterocycles. The number of hydrogen-bond donors (Lipinski definition) is 1. The van der Waals surface area contributed by atoms with Gasteiger partial charge in [-0.1, -0.05) is 0 Å². The number of ether oxygens (including phenoxy) is 2. The van der Waals surface area contributed by atoms with Gasteiger partial charge in [0, 0.05) is 13.1 Å². The zero-order valence-corrected chi connectivity index (χ0v) is 11.2. The number of aliphatic hydroxyl groups excluding tert-OH is 1. The summed E-state index contributed by atoms with van der Waals surface area (Å²) in [6.45, 7) is 4.21. The number of rotatable bonds is 8. The maximum atomic E-state index is 11.2. The van der Waals surface area contributed by atoms with Crippen LogP contribution in [-0.4, -0.2) is 61.1 Å². The van der Waals surface area contributed by atoms with E-state index < -0.39 is 5.97 Å². The van der Waals surface area contributed by atoms with Crippen molar-refractivity contribution < 1.29 is 19.4 Å². The second kappa shape index (κ2) is 8.39. The van der Waals surface area contributed by atoms with Gasteiger partial charge in [0.1, 0.15) is 5.82 Å². The van der Waals surface area contributed by atoms with Crippen molar-refractivity contribution in [2.75, 3.05) is 44.9 Å². The maximum Gasteiger partial charge on any atom is 0.358 e. The zero-order valence-electron chi connectivity index (χ0n) is 11.2. The summed E-state index contributed by atoms with van der Waals surface area (Å²) in [7, 11) is 1.30. The van der Waals surface area contributed by atoms with Crippen molar-refractivity contribution in [1.29, 1.82) is 0 Å². The normalized spacial score (nSPS) is 10.3. The van der Waals surface area contributed by atoms with Gasteiger partial charge in [0.2, 0.25) is 0 Å². The third-order valence-electron chi connectivity index (χ3n) is 2.48. The topological polar surface area (TPSA) is 84.8 Å². The number of likely N-dealkylation sites (N-methyl/N-ethyl adjacent to an activating group) is 1. The van der Waals surface area contributed by atoms with Gasteiger partial charge in [-0.15, -0.1) is 0 Å². The first-order chi connectivity index (χ1) is 9.22. The summed E-state index contributed by atoms with van der Waals surface area (Å²) in [5.74, 6) is 0.163. The molecule has 0 aliphatic rings. The predicted molar refractivity (Wildman–Crippen MR) is 69.2 cm³/mol. The summed E-state index contributed by atoms with van der Waals surface area (Å²) in [5, 5.41) is 8.61. The minimum absolute atomic E-state index is 0.0136. The van der Waals surface area contributed by atoms with Crippen LogP contribution < -0.4 is 4.90 Å². The fourth-order valence-electron chi connectivity index (χ4n) is 1.47. The molecule has 19 heavy (non-hydrogen) atoms. The second-order valence-electron chi connectivity index (χ2n) is 3.67. The van der Waals surface area contributed by atoms with Crippen molar-refractivity contribution >= 4 is 11.8 Å². The van der Waals surface area contributed by atoms with E-state index in [1.54, 1.807) is 0 Å². The van der Waals surface area contributed by atoms with Gasteiger partial charge >= 0.3 is 5.97 Å². The lowest BCUT2D eigenvalue weighted by atomic mass is 10.4. The van der Waals surface area contributed by atoms with Crippen LogP contribution in [0.2, 0.25) is 0 Å². The molecule has 1 rings (SSSR count). The molecule has 7 nitrogen and oxygen atoms in total. The minimum Gasteiger partial charge on any atom is -0.464 e. The molecule has 0 bridgehead atoms. The Morgan fingerprint density at radius 3 is 2.68 bits per heavy atom. The van der Waals surface area contributed by atoms with Crippen LogP contribution in [0.3, 0.4) is 0 Å². The summed E-state index contributed by atoms with van der Waals surface area (Å²) >= 11 is 0. The molecule has 0 atom stereocenters. The molecule has 0 spiro atoms. The Balaban J connectivity index is 2.58. The number of aromatic nitrogens is 2. The Morgan fingerprint density at radius 1 is 1.37 bits per heavy atom. The first-order valence-electron chi connectivity index (χ1n) is 6.06. The molecule has 1 N–H and O–H groups in total. The Bertz CT molecular complexity index is 383. The summed E-state index contributed by atoms with van der Waals surface area (Å²) in [5.41, 5.74) is 0.179. The average molecular weight is 269 g/mol. The Kier molecular flexibility index (Phi) is 6.76. The highest BCUT2D eigenvalue weighted by molar-refractivity contribution is 5.86. The third-order valence-corrected chi connectivity index (χ3v) is 2.48. The number of hydrogen-bond acceptors (Lipinski definition) is 7. The Labute approximate surface area is 112 Å². The van der Waals surface area contributed by atoms with Gasteiger partial charge in [0.15, 0.2) is 5.69 Å². The lowest BCUT2D eigenvalue weighted by Crippen LogP contribution is -2.28. The molecule has 0 saturated heterocycles. The first kappa shape index (κ1) is 15.3. The van der Waals surface area contributed by atoms with Crippen LogP contribution in [-0.2, 0) is 9.47 Å². The van der Waals surface area contributed by atoms with Gasteiger partial charge in [-0.25, -0.2) is 14.8 Å². The van der Waals surface area contributed by atoms with E-state index >= 15 is 0 Å². The SMILES string of the molecule is CCN(CCOCCO)c1cnc(C(=O)OC)cn1. The highest BCUT2D eigenvalue weighted by Crippen LogP contribution is 2.08. The summed E-state index contributed by atoms with van der Waals surface area (Å²) in [6, 6.07) is 0. The number of carbonyl (C=O) groups is 1. The summed E-state index contributed by atoms with van der Waals surface area (Å²) in [6.07, 6.45) is 2.92. The molecule has 7 heteroatoms. The van der Waals surface area contributed by atoms with Crippen LogP contribution in [0.1, 0.15) is 17.4 Å². The van der Waals surface area contributed by atoms with Crippen LogP contribution in [0.5, 0.6) is 0 Å². The maximum absolute atomic E-state index is 11.2. The molecule has 0 saturated carbocycles. The minimum atomic E-state index is -0.506. The molecular weight excluding hydrogens is 250 g/mol.